The average Bonchev–Trinajstić information content (AvgIpc) is 2.99. The summed E-state index contributed by atoms with van der Waals surface area (Å²) < 4.78 is 57.2. The summed E-state index contributed by atoms with van der Waals surface area (Å²) in [6.07, 6.45) is 2.89. The molecular weight excluding hydrogens is 382 g/mol. The maximum Gasteiger partial charge on any atom is 0.337 e. The third kappa shape index (κ3) is 3.02. The van der Waals surface area contributed by atoms with Crippen LogP contribution >= 0.6 is 0 Å². The van der Waals surface area contributed by atoms with Crippen molar-refractivity contribution in [3.05, 3.63) is 42.2 Å². The molecule has 0 N–H and O–H groups in total. The van der Waals surface area contributed by atoms with Crippen LogP contribution in [0.15, 0.2) is 46.7 Å². The molecule has 1 fully saturated rings. The van der Waals surface area contributed by atoms with Gasteiger partial charge in [-0.2, -0.15) is 4.31 Å². The highest BCUT2D eigenvalue weighted by atomic mass is 32.2. The minimum atomic E-state index is -3.83. The first-order chi connectivity index (χ1) is 12.2. The molecule has 140 valence electrons. The Morgan fingerprint density at radius 1 is 1.15 bits per heavy atom. The standard InChI is InChI=1S/C15H17N3O6S2/c1-17-8-7-16-15(17)25(20,21)13-9-18(10-13)26(22,23)12-5-3-11(4-6-12)14(19)24-2/h3-8,13H,9-10H2,1-2H3. The number of aryl methyl sites for hydroxylation is 1. The molecule has 0 bridgehead atoms. The van der Waals surface area contributed by atoms with E-state index in [1.807, 2.05) is 0 Å². The number of benzene rings is 1. The maximum absolute atomic E-state index is 12.6. The number of rotatable bonds is 5. The molecule has 9 nitrogen and oxygen atoms in total. The van der Waals surface area contributed by atoms with Crippen LogP contribution in [0.5, 0.6) is 0 Å². The minimum absolute atomic E-state index is 0.0157. The lowest BCUT2D eigenvalue weighted by molar-refractivity contribution is 0.0600. The van der Waals surface area contributed by atoms with Crippen LogP contribution < -0.4 is 0 Å². The van der Waals surface area contributed by atoms with Crippen LogP contribution in [0, 0.1) is 0 Å². The van der Waals surface area contributed by atoms with Crippen molar-refractivity contribution in [3.8, 4) is 0 Å². The molecule has 0 spiro atoms. The maximum atomic E-state index is 12.6. The minimum Gasteiger partial charge on any atom is -0.465 e. The van der Waals surface area contributed by atoms with E-state index in [-0.39, 0.29) is 28.7 Å². The first-order valence-corrected chi connectivity index (χ1v) is 10.6. The molecular formula is C15H17N3O6S2. The van der Waals surface area contributed by atoms with Gasteiger partial charge in [0.2, 0.25) is 25.0 Å². The molecule has 1 aliphatic rings. The molecule has 1 aromatic heterocycles. The molecule has 0 radical (unpaired) electrons. The molecule has 2 aromatic rings. The molecule has 0 aliphatic carbocycles. The first kappa shape index (κ1) is 18.5. The van der Waals surface area contributed by atoms with E-state index in [1.165, 1.54) is 48.3 Å². The number of sulfone groups is 1. The lowest BCUT2D eigenvalue weighted by Gasteiger charge is -2.37. The van der Waals surface area contributed by atoms with E-state index >= 15 is 0 Å². The third-order valence-corrected chi connectivity index (χ3v) is 8.12. The summed E-state index contributed by atoms with van der Waals surface area (Å²) in [7, 11) is -4.74. The molecule has 26 heavy (non-hydrogen) atoms. The van der Waals surface area contributed by atoms with Crippen LogP contribution in [0.1, 0.15) is 10.4 Å². The van der Waals surface area contributed by atoms with Gasteiger partial charge in [0.1, 0.15) is 0 Å². The molecule has 0 unspecified atom stereocenters. The van der Waals surface area contributed by atoms with E-state index < -0.39 is 31.1 Å². The average molecular weight is 399 g/mol. The lowest BCUT2D eigenvalue weighted by Crippen LogP contribution is -2.56. The van der Waals surface area contributed by atoms with Crippen molar-refractivity contribution < 1.29 is 26.4 Å². The highest BCUT2D eigenvalue weighted by molar-refractivity contribution is 7.92. The Balaban J connectivity index is 1.76. The molecule has 0 amide bonds. The number of esters is 1. The number of methoxy groups -OCH3 is 1. The lowest BCUT2D eigenvalue weighted by atomic mass is 10.2. The largest absolute Gasteiger partial charge is 0.465 e. The van der Waals surface area contributed by atoms with E-state index in [1.54, 1.807) is 7.05 Å². The highest BCUT2D eigenvalue weighted by Gasteiger charge is 2.45. The normalized spacial score (nSPS) is 16.2. The summed E-state index contributed by atoms with van der Waals surface area (Å²) >= 11 is 0. The van der Waals surface area contributed by atoms with Crippen LogP contribution in [0.2, 0.25) is 0 Å². The van der Waals surface area contributed by atoms with Crippen molar-refractivity contribution in [2.75, 3.05) is 20.2 Å². The zero-order valence-corrected chi connectivity index (χ0v) is 15.7. The fourth-order valence-corrected chi connectivity index (χ4v) is 6.04. The van der Waals surface area contributed by atoms with Crippen molar-refractivity contribution in [1.82, 2.24) is 13.9 Å². The first-order valence-electron chi connectivity index (χ1n) is 7.57. The molecule has 1 saturated heterocycles. The van der Waals surface area contributed by atoms with E-state index in [4.69, 9.17) is 0 Å². The smallest absolute Gasteiger partial charge is 0.337 e. The molecule has 0 atom stereocenters. The van der Waals surface area contributed by atoms with E-state index in [0.717, 1.165) is 4.31 Å². The van der Waals surface area contributed by atoms with Gasteiger partial charge in [0.15, 0.2) is 0 Å². The molecule has 3 rings (SSSR count). The van der Waals surface area contributed by atoms with Gasteiger partial charge in [-0.15, -0.1) is 0 Å². The van der Waals surface area contributed by atoms with Gasteiger partial charge in [-0.05, 0) is 24.3 Å². The Hall–Kier alpha value is -2.24. The van der Waals surface area contributed by atoms with Crippen molar-refractivity contribution in [1.29, 1.82) is 0 Å². The number of ether oxygens (including phenoxy) is 1. The van der Waals surface area contributed by atoms with Crippen molar-refractivity contribution >= 4 is 25.8 Å². The van der Waals surface area contributed by atoms with E-state index in [2.05, 4.69) is 9.72 Å². The SMILES string of the molecule is COC(=O)c1ccc(S(=O)(=O)N2CC(S(=O)(=O)c3nccn3C)C2)cc1. The summed E-state index contributed by atoms with van der Waals surface area (Å²) in [4.78, 5) is 15.2. The molecule has 2 heterocycles. The van der Waals surface area contributed by atoms with Gasteiger partial charge in [0.05, 0.1) is 22.8 Å². The molecule has 1 aliphatic heterocycles. The van der Waals surface area contributed by atoms with Crippen molar-refractivity contribution in [3.63, 3.8) is 0 Å². The predicted molar refractivity (Wildman–Crippen MR) is 90.7 cm³/mol. The zero-order chi connectivity index (χ0) is 19.1. The van der Waals surface area contributed by atoms with E-state index in [0.29, 0.717) is 0 Å². The van der Waals surface area contributed by atoms with Gasteiger partial charge < -0.3 is 9.30 Å². The van der Waals surface area contributed by atoms with Crippen molar-refractivity contribution in [2.24, 2.45) is 7.05 Å². The molecule has 1 aromatic carbocycles. The van der Waals surface area contributed by atoms with Gasteiger partial charge >= 0.3 is 5.97 Å². The van der Waals surface area contributed by atoms with Crippen LogP contribution in [0.3, 0.4) is 0 Å². The second kappa shape index (κ2) is 6.49. The number of nitrogens with zero attached hydrogens (tertiary/aromatic N) is 3. The number of sulfonamides is 1. The number of carbonyl (C=O) groups is 1. The number of hydrogen-bond acceptors (Lipinski definition) is 7. The number of aromatic nitrogens is 2. The monoisotopic (exact) mass is 399 g/mol. The van der Waals surface area contributed by atoms with Crippen LogP contribution in [-0.2, 0) is 31.6 Å². The molecule has 0 saturated carbocycles. The fraction of sp³-hybridized carbons (Fsp3) is 0.333. The Morgan fingerprint density at radius 3 is 2.27 bits per heavy atom. The summed E-state index contributed by atoms with van der Waals surface area (Å²) in [6.45, 7) is -0.285. The predicted octanol–water partition coefficient (Wildman–Crippen LogP) is 0.0535. The van der Waals surface area contributed by atoms with Gasteiger partial charge in [0, 0.05) is 32.5 Å². The Bertz CT molecular complexity index is 1040. The Morgan fingerprint density at radius 2 is 1.77 bits per heavy atom. The summed E-state index contributed by atoms with van der Waals surface area (Å²) in [5.74, 6) is -0.570. The van der Waals surface area contributed by atoms with Crippen molar-refractivity contribution in [2.45, 2.75) is 15.3 Å². The Kier molecular flexibility index (Phi) is 4.63. The summed E-state index contributed by atoms with van der Waals surface area (Å²) in [5.41, 5.74) is 0.227. The van der Waals surface area contributed by atoms with Gasteiger partial charge in [-0.3, -0.25) is 0 Å². The van der Waals surface area contributed by atoms with Gasteiger partial charge in [-0.25, -0.2) is 26.6 Å². The van der Waals surface area contributed by atoms with E-state index in [9.17, 15) is 21.6 Å². The third-order valence-electron chi connectivity index (χ3n) is 4.20. The van der Waals surface area contributed by atoms with Crippen LogP contribution in [0.4, 0.5) is 0 Å². The van der Waals surface area contributed by atoms with Gasteiger partial charge in [-0.1, -0.05) is 0 Å². The molecule has 11 heteroatoms. The number of imidazole rings is 1. The van der Waals surface area contributed by atoms with Crippen LogP contribution in [-0.4, -0.2) is 62.1 Å². The van der Waals surface area contributed by atoms with Gasteiger partial charge in [0.25, 0.3) is 0 Å². The second-order valence-electron chi connectivity index (χ2n) is 5.83. The fourth-order valence-electron chi connectivity index (χ4n) is 2.60. The highest BCUT2D eigenvalue weighted by Crippen LogP contribution is 2.28. The van der Waals surface area contributed by atoms with Crippen LogP contribution in [0.25, 0.3) is 0 Å². The second-order valence-corrected chi connectivity index (χ2v) is 9.89. The summed E-state index contributed by atoms with van der Waals surface area (Å²) in [6, 6.07) is 5.28. The Labute approximate surface area is 151 Å². The zero-order valence-electron chi connectivity index (χ0n) is 14.1. The number of carbonyl (C=O) groups excluding carboxylic acids is 1. The number of hydrogen-bond donors (Lipinski definition) is 0. The quantitative estimate of drug-likeness (QED) is 0.653. The summed E-state index contributed by atoms with van der Waals surface area (Å²) in [5, 5.41) is -0.922. The topological polar surface area (TPSA) is 116 Å².